The number of hydrogen-bond acceptors (Lipinski definition) is 2. The Hall–Kier alpha value is -2.09. The fourth-order valence-electron chi connectivity index (χ4n) is 2.24. The summed E-state index contributed by atoms with van der Waals surface area (Å²) < 4.78 is 5.09. The van der Waals surface area contributed by atoms with Crippen molar-refractivity contribution < 1.29 is 9.53 Å². The second-order valence-electron chi connectivity index (χ2n) is 5.02. The van der Waals surface area contributed by atoms with Gasteiger partial charge in [-0.2, -0.15) is 0 Å². The quantitative estimate of drug-likeness (QED) is 0.814. The summed E-state index contributed by atoms with van der Waals surface area (Å²) in [5.41, 5.74) is 2.75. The fourth-order valence-corrected chi connectivity index (χ4v) is 2.24. The number of rotatable bonds is 5. The van der Waals surface area contributed by atoms with E-state index in [1.165, 1.54) is 5.56 Å². The molecule has 0 atom stereocenters. The first kappa shape index (κ1) is 13.3. The van der Waals surface area contributed by atoms with Gasteiger partial charge in [-0.15, -0.1) is 0 Å². The van der Waals surface area contributed by atoms with Crippen molar-refractivity contribution in [2.75, 3.05) is 0 Å². The lowest BCUT2D eigenvalue weighted by molar-refractivity contribution is 0.0870. The van der Waals surface area contributed by atoms with Crippen LogP contribution in [0.5, 0.6) is 0 Å². The van der Waals surface area contributed by atoms with E-state index in [4.69, 9.17) is 4.74 Å². The van der Waals surface area contributed by atoms with Gasteiger partial charge in [0.25, 0.3) is 0 Å². The summed E-state index contributed by atoms with van der Waals surface area (Å²) >= 11 is 0. The molecule has 0 aliphatic heterocycles. The van der Waals surface area contributed by atoms with E-state index in [0.29, 0.717) is 0 Å². The van der Waals surface area contributed by atoms with Crippen LogP contribution in [0, 0.1) is 0 Å². The van der Waals surface area contributed by atoms with Crippen LogP contribution in [0.2, 0.25) is 0 Å². The Balaban J connectivity index is 2.34. The van der Waals surface area contributed by atoms with Crippen LogP contribution in [-0.2, 0) is 21.6 Å². The van der Waals surface area contributed by atoms with E-state index in [2.05, 4.69) is 18.2 Å². The minimum absolute atomic E-state index is 0.660. The zero-order chi connectivity index (χ0) is 13.7. The van der Waals surface area contributed by atoms with Gasteiger partial charge in [0, 0.05) is 0 Å². The van der Waals surface area contributed by atoms with Crippen LogP contribution in [-0.4, -0.2) is 6.47 Å². The normalized spacial score (nSPS) is 11.1. The molecule has 0 aromatic heterocycles. The summed E-state index contributed by atoms with van der Waals surface area (Å²) in [6.45, 7) is 5.30. The van der Waals surface area contributed by atoms with E-state index in [-0.39, 0.29) is 0 Å². The lowest BCUT2D eigenvalue weighted by atomic mass is 9.90. The van der Waals surface area contributed by atoms with Crippen LogP contribution in [0.4, 0.5) is 0 Å². The number of ether oxygens (including phenoxy) is 1. The molecule has 0 bridgehead atoms. The molecule has 97 valence electrons. The summed E-state index contributed by atoms with van der Waals surface area (Å²) in [6.07, 6.45) is 0.822. The van der Waals surface area contributed by atoms with Crippen LogP contribution >= 0.6 is 0 Å². The van der Waals surface area contributed by atoms with E-state index in [9.17, 15) is 4.79 Å². The lowest BCUT2D eigenvalue weighted by Crippen LogP contribution is -2.22. The molecule has 1 radical (unpaired) electrons. The topological polar surface area (TPSA) is 26.3 Å². The third kappa shape index (κ3) is 3.22. The summed E-state index contributed by atoms with van der Waals surface area (Å²) in [5.74, 6) is 0. The number of hydrogen-bond donors (Lipinski definition) is 0. The molecule has 0 heterocycles. The summed E-state index contributed by atoms with van der Waals surface area (Å²) in [6, 6.07) is 18.3. The zero-order valence-corrected chi connectivity index (χ0v) is 11.2. The fraction of sp³-hybridized carbons (Fsp3) is 0.235. The lowest BCUT2D eigenvalue weighted by Gasteiger charge is -2.25. The molecule has 0 amide bonds. The second-order valence-corrected chi connectivity index (χ2v) is 5.02. The van der Waals surface area contributed by atoms with Crippen molar-refractivity contribution in [1.29, 1.82) is 0 Å². The summed E-state index contributed by atoms with van der Waals surface area (Å²) in [5, 5.41) is 0. The first-order valence-electron chi connectivity index (χ1n) is 6.31. The molecule has 0 N–H and O–H groups in total. The first-order chi connectivity index (χ1) is 9.13. The zero-order valence-electron chi connectivity index (χ0n) is 11.2. The number of carbonyl (C=O) groups excluding carboxylic acids is 1. The van der Waals surface area contributed by atoms with Gasteiger partial charge < -0.3 is 4.74 Å². The molecule has 0 fully saturated rings. The molecule has 0 aliphatic carbocycles. The van der Waals surface area contributed by atoms with E-state index in [1.807, 2.05) is 50.2 Å². The van der Waals surface area contributed by atoms with E-state index < -0.39 is 5.60 Å². The first-order valence-corrected chi connectivity index (χ1v) is 6.31. The summed E-state index contributed by atoms with van der Waals surface area (Å²) in [4.78, 5) is 10.5. The highest BCUT2D eigenvalue weighted by Crippen LogP contribution is 2.28. The average Bonchev–Trinajstić information content (AvgIpc) is 2.40. The van der Waals surface area contributed by atoms with Gasteiger partial charge in [0.1, 0.15) is 5.60 Å². The van der Waals surface area contributed by atoms with Crippen molar-refractivity contribution in [2.24, 2.45) is 0 Å². The van der Waals surface area contributed by atoms with Crippen molar-refractivity contribution in [3.63, 3.8) is 0 Å². The van der Waals surface area contributed by atoms with Crippen LogP contribution in [0.25, 0.3) is 0 Å². The second kappa shape index (κ2) is 5.70. The molecular weight excluding hydrogens is 236 g/mol. The molecule has 2 rings (SSSR count). The molecule has 2 heteroatoms. The van der Waals surface area contributed by atoms with Crippen molar-refractivity contribution in [3.05, 3.63) is 71.3 Å². The monoisotopic (exact) mass is 253 g/mol. The Morgan fingerprint density at radius 1 is 1.00 bits per heavy atom. The van der Waals surface area contributed by atoms with Gasteiger partial charge in [-0.1, -0.05) is 54.6 Å². The molecule has 2 aromatic rings. The highest BCUT2D eigenvalue weighted by atomic mass is 16.5. The van der Waals surface area contributed by atoms with Gasteiger partial charge in [0.05, 0.1) is 0 Å². The summed E-state index contributed by atoms with van der Waals surface area (Å²) in [7, 11) is 0. The van der Waals surface area contributed by atoms with Crippen LogP contribution in [0.1, 0.15) is 30.5 Å². The Labute approximate surface area is 114 Å². The van der Waals surface area contributed by atoms with Gasteiger partial charge in [-0.25, -0.2) is 4.79 Å². The van der Waals surface area contributed by atoms with Gasteiger partial charge >= 0.3 is 6.47 Å². The predicted octanol–water partition coefficient (Wildman–Crippen LogP) is 3.60. The van der Waals surface area contributed by atoms with Crippen molar-refractivity contribution in [3.8, 4) is 0 Å². The minimum Gasteiger partial charge on any atom is -0.446 e. The standard InChI is InChI=1S/C17H17O2/c1-17(2,19-13-18)16-11-7-6-10-15(16)12-14-8-4-3-5-9-14/h3-11H,12H2,1-2H3. The molecule has 0 spiro atoms. The minimum atomic E-state index is -0.660. The largest absolute Gasteiger partial charge is 0.446 e. The maximum Gasteiger partial charge on any atom is 0.418 e. The van der Waals surface area contributed by atoms with Crippen LogP contribution in [0.3, 0.4) is 0 Å². The molecule has 2 nitrogen and oxygen atoms in total. The van der Waals surface area contributed by atoms with Crippen molar-refractivity contribution in [2.45, 2.75) is 25.9 Å². The number of benzene rings is 2. The maximum atomic E-state index is 10.5. The van der Waals surface area contributed by atoms with Gasteiger partial charge in [0.2, 0.25) is 0 Å². The Bertz CT molecular complexity index is 544. The van der Waals surface area contributed by atoms with Gasteiger partial charge in [-0.3, -0.25) is 0 Å². The Kier molecular flexibility index (Phi) is 4.00. The van der Waals surface area contributed by atoms with Crippen LogP contribution < -0.4 is 0 Å². The highest BCUT2D eigenvalue weighted by molar-refractivity contribution is 5.43. The molecular formula is C17H17O2. The third-order valence-electron chi connectivity index (χ3n) is 3.20. The maximum absolute atomic E-state index is 10.5. The van der Waals surface area contributed by atoms with Crippen molar-refractivity contribution in [1.82, 2.24) is 0 Å². The van der Waals surface area contributed by atoms with Crippen molar-refractivity contribution >= 4 is 6.47 Å². The van der Waals surface area contributed by atoms with E-state index >= 15 is 0 Å². The molecule has 19 heavy (non-hydrogen) atoms. The van der Waals surface area contributed by atoms with E-state index in [1.54, 1.807) is 6.47 Å². The van der Waals surface area contributed by atoms with Gasteiger partial charge in [-0.05, 0) is 37.0 Å². The van der Waals surface area contributed by atoms with E-state index in [0.717, 1.165) is 17.5 Å². The Morgan fingerprint density at radius 2 is 1.63 bits per heavy atom. The molecule has 0 aliphatic rings. The SMILES string of the molecule is CC(C)(O[C]=O)c1ccccc1Cc1ccccc1. The molecule has 0 saturated carbocycles. The molecule has 0 saturated heterocycles. The highest BCUT2D eigenvalue weighted by Gasteiger charge is 2.24. The smallest absolute Gasteiger partial charge is 0.418 e. The van der Waals surface area contributed by atoms with Gasteiger partial charge in [0.15, 0.2) is 0 Å². The predicted molar refractivity (Wildman–Crippen MR) is 75.5 cm³/mol. The third-order valence-corrected chi connectivity index (χ3v) is 3.20. The molecule has 0 unspecified atom stereocenters. The molecule has 2 aromatic carbocycles. The van der Waals surface area contributed by atoms with Crippen LogP contribution in [0.15, 0.2) is 54.6 Å². The Morgan fingerprint density at radius 3 is 2.32 bits per heavy atom. The average molecular weight is 253 g/mol.